The fraction of sp³-hybridized carbons (Fsp3) is 0.481. The number of hydrogen-bond acceptors (Lipinski definition) is 3. The second-order valence-corrected chi connectivity index (χ2v) is 9.15. The Labute approximate surface area is 196 Å². The zero-order valence-electron chi connectivity index (χ0n) is 19.4. The fourth-order valence-corrected chi connectivity index (χ4v) is 5.21. The Morgan fingerprint density at radius 2 is 1.73 bits per heavy atom. The number of para-hydroxylation sites is 1. The van der Waals surface area contributed by atoms with Crippen molar-refractivity contribution < 1.29 is 14.0 Å². The van der Waals surface area contributed by atoms with Crippen LogP contribution in [0.3, 0.4) is 0 Å². The molecule has 0 spiro atoms. The van der Waals surface area contributed by atoms with Crippen LogP contribution in [-0.2, 0) is 0 Å². The van der Waals surface area contributed by atoms with Crippen molar-refractivity contribution in [3.05, 3.63) is 65.5 Å². The minimum absolute atomic E-state index is 0.0364. The first-order chi connectivity index (χ1) is 16.1. The number of carbonyl (C=O) groups excluding carboxylic acids is 2. The van der Waals surface area contributed by atoms with Gasteiger partial charge in [-0.15, -0.1) is 0 Å². The van der Waals surface area contributed by atoms with Crippen LogP contribution in [0, 0.1) is 5.82 Å². The largest absolute Gasteiger partial charge is 0.371 e. The molecule has 1 aliphatic carbocycles. The van der Waals surface area contributed by atoms with Gasteiger partial charge in [-0.05, 0) is 62.9 Å². The first-order valence-electron chi connectivity index (χ1n) is 12.3. The highest BCUT2D eigenvalue weighted by atomic mass is 19.1. The summed E-state index contributed by atoms with van der Waals surface area (Å²) in [6.07, 6.45) is 7.42. The van der Waals surface area contributed by atoms with Crippen LogP contribution in [0.25, 0.3) is 0 Å². The third-order valence-corrected chi connectivity index (χ3v) is 7.01. The molecule has 0 bridgehead atoms. The van der Waals surface area contributed by atoms with Crippen molar-refractivity contribution in [1.29, 1.82) is 0 Å². The molecular weight excluding hydrogens is 417 g/mol. The Balaban J connectivity index is 1.40. The van der Waals surface area contributed by atoms with Crippen molar-refractivity contribution in [1.82, 2.24) is 10.2 Å². The van der Waals surface area contributed by atoms with E-state index in [1.54, 1.807) is 12.1 Å². The highest BCUT2D eigenvalue weighted by Crippen LogP contribution is 2.29. The topological polar surface area (TPSA) is 52.7 Å². The number of rotatable bonds is 6. The maximum absolute atomic E-state index is 13.5. The SMILES string of the molecule is CCN(C(=O)c1ccccc1N1CCC(NC(=O)c2cccc(F)c2)CC1)C1CCCCC1. The number of halogens is 1. The Morgan fingerprint density at radius 3 is 2.42 bits per heavy atom. The van der Waals surface area contributed by atoms with E-state index >= 15 is 0 Å². The van der Waals surface area contributed by atoms with Gasteiger partial charge in [-0.2, -0.15) is 0 Å². The van der Waals surface area contributed by atoms with Gasteiger partial charge in [0.05, 0.1) is 5.56 Å². The number of piperidine rings is 1. The Bertz CT molecular complexity index is 965. The zero-order chi connectivity index (χ0) is 23.2. The van der Waals surface area contributed by atoms with Gasteiger partial charge in [-0.3, -0.25) is 9.59 Å². The van der Waals surface area contributed by atoms with Gasteiger partial charge >= 0.3 is 0 Å². The first-order valence-corrected chi connectivity index (χ1v) is 12.3. The van der Waals surface area contributed by atoms with Crippen LogP contribution in [-0.4, -0.2) is 48.4 Å². The van der Waals surface area contributed by atoms with Gasteiger partial charge in [-0.1, -0.05) is 37.5 Å². The third kappa shape index (κ3) is 5.55. The van der Waals surface area contributed by atoms with Crippen molar-refractivity contribution in [3.63, 3.8) is 0 Å². The molecule has 1 heterocycles. The smallest absolute Gasteiger partial charge is 0.256 e. The lowest BCUT2D eigenvalue weighted by atomic mass is 9.93. The number of anilines is 1. The van der Waals surface area contributed by atoms with Crippen LogP contribution in [0.4, 0.5) is 10.1 Å². The van der Waals surface area contributed by atoms with Gasteiger partial charge < -0.3 is 15.1 Å². The Hall–Kier alpha value is -2.89. The Kier molecular flexibility index (Phi) is 7.63. The predicted octanol–water partition coefficient (Wildman–Crippen LogP) is 5.02. The molecule has 4 rings (SSSR count). The number of carbonyl (C=O) groups is 2. The maximum atomic E-state index is 13.5. The van der Waals surface area contributed by atoms with E-state index in [-0.39, 0.29) is 17.9 Å². The molecule has 5 nitrogen and oxygen atoms in total. The Morgan fingerprint density at radius 1 is 1.00 bits per heavy atom. The van der Waals surface area contributed by atoms with Gasteiger partial charge in [0.15, 0.2) is 0 Å². The second-order valence-electron chi connectivity index (χ2n) is 9.15. The van der Waals surface area contributed by atoms with E-state index in [2.05, 4.69) is 22.0 Å². The molecule has 2 aromatic rings. The summed E-state index contributed by atoms with van der Waals surface area (Å²) < 4.78 is 13.4. The number of amides is 2. The molecule has 33 heavy (non-hydrogen) atoms. The van der Waals surface area contributed by atoms with E-state index in [0.29, 0.717) is 11.6 Å². The summed E-state index contributed by atoms with van der Waals surface area (Å²) in [4.78, 5) is 30.3. The summed E-state index contributed by atoms with van der Waals surface area (Å²) in [5.74, 6) is -0.524. The maximum Gasteiger partial charge on any atom is 0.256 e. The van der Waals surface area contributed by atoms with Gasteiger partial charge in [0.25, 0.3) is 11.8 Å². The molecule has 1 N–H and O–H groups in total. The highest BCUT2D eigenvalue weighted by molar-refractivity contribution is 6.00. The van der Waals surface area contributed by atoms with Gasteiger partial charge in [0.2, 0.25) is 0 Å². The van der Waals surface area contributed by atoms with E-state index in [0.717, 1.165) is 56.6 Å². The van der Waals surface area contributed by atoms with E-state index in [9.17, 15) is 14.0 Å². The molecule has 6 heteroatoms. The summed E-state index contributed by atoms with van der Waals surface area (Å²) >= 11 is 0. The minimum atomic E-state index is -0.409. The zero-order valence-corrected chi connectivity index (χ0v) is 19.4. The van der Waals surface area contributed by atoms with Crippen LogP contribution in [0.5, 0.6) is 0 Å². The van der Waals surface area contributed by atoms with E-state index in [1.165, 1.54) is 31.4 Å². The van der Waals surface area contributed by atoms with Crippen LogP contribution >= 0.6 is 0 Å². The van der Waals surface area contributed by atoms with Crippen LogP contribution in [0.1, 0.15) is 72.6 Å². The van der Waals surface area contributed by atoms with Crippen LogP contribution in [0.2, 0.25) is 0 Å². The highest BCUT2D eigenvalue weighted by Gasteiger charge is 2.29. The molecule has 1 saturated carbocycles. The number of hydrogen-bond donors (Lipinski definition) is 1. The average Bonchev–Trinajstić information content (AvgIpc) is 2.85. The molecule has 0 aromatic heterocycles. The molecule has 2 amide bonds. The van der Waals surface area contributed by atoms with Gasteiger partial charge in [0.1, 0.15) is 5.82 Å². The van der Waals surface area contributed by atoms with E-state index < -0.39 is 5.82 Å². The summed E-state index contributed by atoms with van der Waals surface area (Å²) in [6.45, 7) is 4.32. The van der Waals surface area contributed by atoms with E-state index in [4.69, 9.17) is 0 Å². The molecule has 2 aromatic carbocycles. The second kappa shape index (κ2) is 10.8. The van der Waals surface area contributed by atoms with Crippen molar-refractivity contribution in [3.8, 4) is 0 Å². The molecule has 0 unspecified atom stereocenters. The quantitative estimate of drug-likeness (QED) is 0.671. The van der Waals surface area contributed by atoms with Crippen molar-refractivity contribution in [2.45, 2.75) is 64.0 Å². The van der Waals surface area contributed by atoms with Gasteiger partial charge in [-0.25, -0.2) is 4.39 Å². The lowest BCUT2D eigenvalue weighted by Gasteiger charge is -2.37. The molecular formula is C27H34FN3O2. The molecule has 2 fully saturated rings. The number of nitrogens with one attached hydrogen (secondary N) is 1. The van der Waals surface area contributed by atoms with Gasteiger partial charge in [0, 0.05) is 43.0 Å². The molecule has 1 saturated heterocycles. The average molecular weight is 452 g/mol. The van der Waals surface area contributed by atoms with Crippen molar-refractivity contribution in [2.24, 2.45) is 0 Å². The lowest BCUT2D eigenvalue weighted by molar-refractivity contribution is 0.0648. The standard InChI is InChI=1S/C27H34FN3O2/c1-2-31(23-11-4-3-5-12-23)27(33)24-13-6-7-14-25(24)30-17-15-22(16-18-30)29-26(32)20-9-8-10-21(28)19-20/h6-10,13-14,19,22-23H,2-5,11-12,15-18H2,1H3,(H,29,32). The monoisotopic (exact) mass is 451 g/mol. The van der Waals surface area contributed by atoms with Crippen LogP contribution < -0.4 is 10.2 Å². The molecule has 0 atom stereocenters. The fourth-order valence-electron chi connectivity index (χ4n) is 5.21. The third-order valence-electron chi connectivity index (χ3n) is 7.01. The summed E-state index contributed by atoms with van der Waals surface area (Å²) in [5.41, 5.74) is 2.09. The van der Waals surface area contributed by atoms with Crippen molar-refractivity contribution in [2.75, 3.05) is 24.5 Å². The first kappa shape index (κ1) is 23.3. The number of benzene rings is 2. The molecule has 176 valence electrons. The predicted molar refractivity (Wildman–Crippen MR) is 129 cm³/mol. The molecule has 1 aliphatic heterocycles. The lowest BCUT2D eigenvalue weighted by Crippen LogP contribution is -2.46. The molecule has 0 radical (unpaired) electrons. The minimum Gasteiger partial charge on any atom is -0.371 e. The van der Waals surface area contributed by atoms with Crippen LogP contribution in [0.15, 0.2) is 48.5 Å². The summed E-state index contributed by atoms with van der Waals surface area (Å²) in [7, 11) is 0. The summed E-state index contributed by atoms with van der Waals surface area (Å²) in [6, 6.07) is 14.1. The summed E-state index contributed by atoms with van der Waals surface area (Å²) in [5, 5.41) is 3.03. The normalized spacial score (nSPS) is 17.6. The van der Waals surface area contributed by atoms with Crippen molar-refractivity contribution >= 4 is 17.5 Å². The molecule has 2 aliphatic rings. The number of nitrogens with zero attached hydrogens (tertiary/aromatic N) is 2. The van der Waals surface area contributed by atoms with E-state index in [1.807, 2.05) is 24.3 Å².